The SMILES string of the molecule is Cc1cc(NS(=O)(=O)c2ccc(F)cc2)c(C(=O)O)[nH]1. The number of H-pyrrole nitrogens is 1. The Morgan fingerprint density at radius 3 is 2.45 bits per heavy atom. The molecule has 6 nitrogen and oxygen atoms in total. The van der Waals surface area contributed by atoms with Gasteiger partial charge in [0.2, 0.25) is 0 Å². The van der Waals surface area contributed by atoms with Gasteiger partial charge in [0, 0.05) is 5.69 Å². The van der Waals surface area contributed by atoms with Crippen molar-refractivity contribution in [2.75, 3.05) is 4.72 Å². The molecule has 0 unspecified atom stereocenters. The van der Waals surface area contributed by atoms with Crippen LogP contribution in [0.15, 0.2) is 35.2 Å². The second kappa shape index (κ2) is 4.97. The Balaban J connectivity index is 2.38. The van der Waals surface area contributed by atoms with E-state index in [0.29, 0.717) is 5.69 Å². The molecule has 1 aromatic carbocycles. The normalized spacial score (nSPS) is 11.3. The molecule has 20 heavy (non-hydrogen) atoms. The highest BCUT2D eigenvalue weighted by molar-refractivity contribution is 7.92. The van der Waals surface area contributed by atoms with Crippen molar-refractivity contribution in [2.24, 2.45) is 0 Å². The zero-order valence-electron chi connectivity index (χ0n) is 10.3. The van der Waals surface area contributed by atoms with Crippen molar-refractivity contribution >= 4 is 21.7 Å². The van der Waals surface area contributed by atoms with Crippen LogP contribution in [0.5, 0.6) is 0 Å². The Morgan fingerprint density at radius 1 is 1.30 bits per heavy atom. The molecule has 8 heteroatoms. The summed E-state index contributed by atoms with van der Waals surface area (Å²) in [4.78, 5) is 13.4. The van der Waals surface area contributed by atoms with E-state index in [9.17, 15) is 17.6 Å². The summed E-state index contributed by atoms with van der Waals surface area (Å²) in [6.45, 7) is 1.60. The number of aromatic carboxylic acids is 1. The first-order valence-corrected chi connectivity index (χ1v) is 6.99. The smallest absolute Gasteiger partial charge is 0.354 e. The molecule has 1 heterocycles. The van der Waals surface area contributed by atoms with Crippen molar-refractivity contribution in [3.8, 4) is 0 Å². The topological polar surface area (TPSA) is 99.3 Å². The van der Waals surface area contributed by atoms with Gasteiger partial charge in [0.05, 0.1) is 10.6 Å². The van der Waals surface area contributed by atoms with Crippen molar-refractivity contribution < 1.29 is 22.7 Å². The summed E-state index contributed by atoms with van der Waals surface area (Å²) in [7, 11) is -3.97. The number of carboxylic acid groups (broad SMARTS) is 1. The number of carboxylic acids is 1. The van der Waals surface area contributed by atoms with Crippen LogP contribution in [0.1, 0.15) is 16.2 Å². The van der Waals surface area contributed by atoms with Crippen LogP contribution in [0.2, 0.25) is 0 Å². The molecule has 106 valence electrons. The summed E-state index contributed by atoms with van der Waals surface area (Å²) in [6.07, 6.45) is 0. The quantitative estimate of drug-likeness (QED) is 0.803. The Hall–Kier alpha value is -2.35. The van der Waals surface area contributed by atoms with E-state index in [4.69, 9.17) is 5.11 Å². The largest absolute Gasteiger partial charge is 0.477 e. The zero-order valence-corrected chi connectivity index (χ0v) is 11.2. The number of nitrogens with one attached hydrogen (secondary N) is 2. The van der Waals surface area contributed by atoms with Gasteiger partial charge in [-0.3, -0.25) is 4.72 Å². The second-order valence-electron chi connectivity index (χ2n) is 4.11. The highest BCUT2D eigenvalue weighted by atomic mass is 32.2. The molecule has 0 saturated carbocycles. The van der Waals surface area contributed by atoms with E-state index in [-0.39, 0.29) is 16.3 Å². The van der Waals surface area contributed by atoms with Gasteiger partial charge in [0.25, 0.3) is 10.0 Å². The standard InChI is InChI=1S/C12H11FN2O4S/c1-7-6-10(11(14-7)12(16)17)15-20(18,19)9-4-2-8(13)3-5-9/h2-6,14-15H,1H3,(H,16,17). The predicted octanol–water partition coefficient (Wildman–Crippen LogP) is 1.96. The lowest BCUT2D eigenvalue weighted by molar-refractivity contribution is 0.0692. The zero-order chi connectivity index (χ0) is 14.9. The summed E-state index contributed by atoms with van der Waals surface area (Å²) in [5.41, 5.74) is 0.173. The van der Waals surface area contributed by atoms with E-state index in [0.717, 1.165) is 24.3 Å². The number of aryl methyl sites for hydroxylation is 1. The molecule has 0 spiro atoms. The molecule has 0 aliphatic rings. The van der Waals surface area contributed by atoms with Gasteiger partial charge in [0.1, 0.15) is 11.5 Å². The number of carbonyl (C=O) groups is 1. The molecular weight excluding hydrogens is 287 g/mol. The summed E-state index contributed by atoms with van der Waals surface area (Å²) in [5.74, 6) is -1.84. The first-order valence-electron chi connectivity index (χ1n) is 5.51. The lowest BCUT2D eigenvalue weighted by Gasteiger charge is -2.07. The maximum atomic E-state index is 12.8. The van der Waals surface area contributed by atoms with Crippen molar-refractivity contribution in [1.82, 2.24) is 4.98 Å². The van der Waals surface area contributed by atoms with Crippen LogP contribution in [-0.4, -0.2) is 24.5 Å². The van der Waals surface area contributed by atoms with E-state index in [1.807, 2.05) is 0 Å². The fourth-order valence-electron chi connectivity index (χ4n) is 1.66. The number of hydrogen-bond donors (Lipinski definition) is 3. The minimum atomic E-state index is -3.97. The number of halogens is 1. The second-order valence-corrected chi connectivity index (χ2v) is 5.79. The highest BCUT2D eigenvalue weighted by Crippen LogP contribution is 2.21. The van der Waals surface area contributed by atoms with Crippen molar-refractivity contribution in [3.05, 3.63) is 47.5 Å². The number of anilines is 1. The maximum absolute atomic E-state index is 12.8. The predicted molar refractivity (Wildman–Crippen MR) is 69.7 cm³/mol. The van der Waals surface area contributed by atoms with Crippen molar-refractivity contribution in [3.63, 3.8) is 0 Å². The van der Waals surface area contributed by atoms with Gasteiger partial charge in [-0.2, -0.15) is 0 Å². The van der Waals surface area contributed by atoms with E-state index in [1.54, 1.807) is 6.92 Å². The minimum Gasteiger partial charge on any atom is -0.477 e. The molecule has 0 atom stereocenters. The van der Waals surface area contributed by atoms with Crippen LogP contribution in [-0.2, 0) is 10.0 Å². The van der Waals surface area contributed by atoms with Crippen molar-refractivity contribution in [1.29, 1.82) is 0 Å². The lowest BCUT2D eigenvalue weighted by Crippen LogP contribution is -2.14. The fraction of sp³-hybridized carbons (Fsp3) is 0.0833. The third-order valence-corrected chi connectivity index (χ3v) is 3.92. The van der Waals surface area contributed by atoms with Gasteiger partial charge in [-0.25, -0.2) is 17.6 Å². The van der Waals surface area contributed by atoms with Gasteiger partial charge >= 0.3 is 5.97 Å². The van der Waals surface area contributed by atoms with E-state index in [2.05, 4.69) is 9.71 Å². The lowest BCUT2D eigenvalue weighted by atomic mass is 10.3. The summed E-state index contributed by atoms with van der Waals surface area (Å²) >= 11 is 0. The van der Waals surface area contributed by atoms with Gasteiger partial charge in [-0.05, 0) is 37.3 Å². The molecule has 1 aromatic heterocycles. The Morgan fingerprint density at radius 2 is 1.90 bits per heavy atom. The molecule has 3 N–H and O–H groups in total. The van der Waals surface area contributed by atoms with Gasteiger partial charge in [-0.15, -0.1) is 0 Å². The first-order chi connectivity index (χ1) is 9.29. The first kappa shape index (κ1) is 14.1. The molecule has 0 fully saturated rings. The molecule has 2 rings (SSSR count). The Bertz CT molecular complexity index is 750. The van der Waals surface area contributed by atoms with Gasteiger partial charge in [-0.1, -0.05) is 0 Å². The Kier molecular flexibility index (Phi) is 3.49. The van der Waals surface area contributed by atoms with E-state index in [1.165, 1.54) is 6.07 Å². The average Bonchev–Trinajstić information content (AvgIpc) is 2.70. The van der Waals surface area contributed by atoms with E-state index < -0.39 is 21.8 Å². The monoisotopic (exact) mass is 298 g/mol. The van der Waals surface area contributed by atoms with Crippen LogP contribution in [0.3, 0.4) is 0 Å². The molecule has 0 radical (unpaired) electrons. The molecule has 0 saturated heterocycles. The van der Waals surface area contributed by atoms with Crippen LogP contribution in [0, 0.1) is 12.7 Å². The number of sulfonamides is 1. The Labute approximate surface area is 114 Å². The van der Waals surface area contributed by atoms with Gasteiger partial charge in [0.15, 0.2) is 0 Å². The summed E-state index contributed by atoms with van der Waals surface area (Å²) in [6, 6.07) is 5.57. The molecular formula is C12H11FN2O4S. The summed E-state index contributed by atoms with van der Waals surface area (Å²) in [5, 5.41) is 8.97. The fourth-order valence-corrected chi connectivity index (χ4v) is 2.72. The molecule has 2 aromatic rings. The number of rotatable bonds is 4. The molecule has 0 aliphatic carbocycles. The summed E-state index contributed by atoms with van der Waals surface area (Å²) < 4.78 is 39.1. The molecule has 0 bridgehead atoms. The van der Waals surface area contributed by atoms with Crippen LogP contribution in [0.25, 0.3) is 0 Å². The number of benzene rings is 1. The maximum Gasteiger partial charge on any atom is 0.354 e. The number of aromatic amines is 1. The third kappa shape index (κ3) is 2.80. The molecule has 0 amide bonds. The van der Waals surface area contributed by atoms with E-state index >= 15 is 0 Å². The number of aromatic nitrogens is 1. The van der Waals surface area contributed by atoms with Crippen LogP contribution < -0.4 is 4.72 Å². The minimum absolute atomic E-state index is 0.0701. The van der Waals surface area contributed by atoms with Gasteiger partial charge < -0.3 is 10.1 Å². The third-order valence-electron chi connectivity index (χ3n) is 2.53. The molecule has 0 aliphatic heterocycles. The van der Waals surface area contributed by atoms with Crippen LogP contribution >= 0.6 is 0 Å². The highest BCUT2D eigenvalue weighted by Gasteiger charge is 2.20. The van der Waals surface area contributed by atoms with Crippen LogP contribution in [0.4, 0.5) is 10.1 Å². The average molecular weight is 298 g/mol. The van der Waals surface area contributed by atoms with Crippen molar-refractivity contribution in [2.45, 2.75) is 11.8 Å². The number of hydrogen-bond acceptors (Lipinski definition) is 3.